The van der Waals surface area contributed by atoms with Crippen LogP contribution in [-0.2, 0) is 0 Å². The molecule has 100 valence electrons. The van der Waals surface area contributed by atoms with Crippen LogP contribution in [0.1, 0.15) is 0 Å². The highest BCUT2D eigenvalue weighted by Crippen LogP contribution is 2.29. The monoisotopic (exact) mass is 288 g/mol. The molecule has 0 aliphatic heterocycles. The fraction of sp³-hybridized carbons (Fsp3) is 0. The SMILES string of the molecule is c1ccc(-c2nc(-c3ccc4ccccc4c3)cs2)nc1. The van der Waals surface area contributed by atoms with Gasteiger partial charge in [0, 0.05) is 17.1 Å². The van der Waals surface area contributed by atoms with Gasteiger partial charge >= 0.3 is 0 Å². The van der Waals surface area contributed by atoms with Crippen molar-refractivity contribution in [3.8, 4) is 22.0 Å². The largest absolute Gasteiger partial charge is 0.254 e. The molecule has 0 saturated heterocycles. The van der Waals surface area contributed by atoms with Crippen molar-refractivity contribution in [1.82, 2.24) is 9.97 Å². The Morgan fingerprint density at radius 1 is 0.762 bits per heavy atom. The molecule has 3 heteroatoms. The molecule has 0 saturated carbocycles. The van der Waals surface area contributed by atoms with E-state index in [1.807, 2.05) is 18.2 Å². The Bertz CT molecular complexity index is 897. The highest BCUT2D eigenvalue weighted by atomic mass is 32.1. The molecule has 4 aromatic rings. The first-order chi connectivity index (χ1) is 10.4. The number of pyridine rings is 1. The smallest absolute Gasteiger partial charge is 0.142 e. The van der Waals surface area contributed by atoms with Crippen molar-refractivity contribution in [2.24, 2.45) is 0 Å². The molecule has 2 heterocycles. The molecule has 0 N–H and O–H groups in total. The fourth-order valence-corrected chi connectivity index (χ4v) is 3.17. The van der Waals surface area contributed by atoms with E-state index in [4.69, 9.17) is 4.98 Å². The summed E-state index contributed by atoms with van der Waals surface area (Å²) in [6.45, 7) is 0. The molecule has 0 atom stereocenters. The Morgan fingerprint density at radius 2 is 1.62 bits per heavy atom. The standard InChI is InChI=1S/C18H12N2S/c1-2-6-14-11-15(9-8-13(14)5-1)17-12-21-18(20-17)16-7-3-4-10-19-16/h1-12H. The van der Waals surface area contributed by atoms with Crippen LogP contribution in [0.2, 0.25) is 0 Å². The molecule has 0 amide bonds. The van der Waals surface area contributed by atoms with Gasteiger partial charge in [0.1, 0.15) is 5.01 Å². The van der Waals surface area contributed by atoms with E-state index in [1.165, 1.54) is 10.8 Å². The van der Waals surface area contributed by atoms with Crippen LogP contribution in [0.3, 0.4) is 0 Å². The average Bonchev–Trinajstić information content (AvgIpc) is 3.05. The summed E-state index contributed by atoms with van der Waals surface area (Å²) < 4.78 is 0. The molecule has 0 aliphatic carbocycles. The third kappa shape index (κ3) is 2.32. The Labute approximate surface area is 126 Å². The summed E-state index contributed by atoms with van der Waals surface area (Å²) in [4.78, 5) is 9.07. The third-order valence-corrected chi connectivity index (χ3v) is 4.30. The fourth-order valence-electron chi connectivity index (χ4n) is 2.36. The van der Waals surface area contributed by atoms with Crippen LogP contribution in [0.25, 0.3) is 32.7 Å². The van der Waals surface area contributed by atoms with Gasteiger partial charge in [-0.15, -0.1) is 11.3 Å². The minimum Gasteiger partial charge on any atom is -0.254 e. The van der Waals surface area contributed by atoms with Gasteiger partial charge in [-0.05, 0) is 29.0 Å². The number of benzene rings is 2. The lowest BCUT2D eigenvalue weighted by Gasteiger charge is -2.00. The van der Waals surface area contributed by atoms with E-state index in [1.54, 1.807) is 17.5 Å². The summed E-state index contributed by atoms with van der Waals surface area (Å²) in [6, 6.07) is 20.7. The molecule has 0 spiro atoms. The maximum absolute atomic E-state index is 4.71. The number of hydrogen-bond donors (Lipinski definition) is 0. The first-order valence-electron chi connectivity index (χ1n) is 6.76. The van der Waals surface area contributed by atoms with Gasteiger partial charge in [0.2, 0.25) is 0 Å². The predicted octanol–water partition coefficient (Wildman–Crippen LogP) is 5.03. The summed E-state index contributed by atoms with van der Waals surface area (Å²) in [7, 11) is 0. The number of thiazole rings is 1. The normalized spacial score (nSPS) is 10.9. The van der Waals surface area contributed by atoms with Crippen LogP contribution < -0.4 is 0 Å². The second-order valence-corrected chi connectivity index (χ2v) is 5.67. The first kappa shape index (κ1) is 12.2. The molecule has 2 aromatic heterocycles. The van der Waals surface area contributed by atoms with E-state index < -0.39 is 0 Å². The van der Waals surface area contributed by atoms with Crippen LogP contribution in [0.5, 0.6) is 0 Å². The average molecular weight is 288 g/mol. The second-order valence-electron chi connectivity index (χ2n) is 4.81. The molecule has 2 nitrogen and oxygen atoms in total. The minimum atomic E-state index is 0.925. The number of nitrogens with zero attached hydrogens (tertiary/aromatic N) is 2. The number of rotatable bonds is 2. The molecule has 0 fully saturated rings. The summed E-state index contributed by atoms with van der Waals surface area (Å²) in [5, 5.41) is 5.54. The van der Waals surface area contributed by atoms with Gasteiger partial charge in [-0.25, -0.2) is 4.98 Å². The van der Waals surface area contributed by atoms with Gasteiger partial charge in [0.05, 0.1) is 11.4 Å². The molecule has 0 radical (unpaired) electrons. The van der Waals surface area contributed by atoms with Crippen molar-refractivity contribution in [3.63, 3.8) is 0 Å². The van der Waals surface area contributed by atoms with E-state index in [2.05, 4.69) is 52.8 Å². The maximum atomic E-state index is 4.71. The lowest BCUT2D eigenvalue weighted by molar-refractivity contribution is 1.29. The second kappa shape index (κ2) is 5.11. The van der Waals surface area contributed by atoms with Gasteiger partial charge < -0.3 is 0 Å². The Kier molecular flexibility index (Phi) is 2.98. The quantitative estimate of drug-likeness (QED) is 0.517. The number of aromatic nitrogens is 2. The van der Waals surface area contributed by atoms with Crippen molar-refractivity contribution < 1.29 is 0 Å². The lowest BCUT2D eigenvalue weighted by atomic mass is 10.1. The highest BCUT2D eigenvalue weighted by molar-refractivity contribution is 7.13. The molecule has 0 aliphatic rings. The molecule has 0 bridgehead atoms. The topological polar surface area (TPSA) is 25.8 Å². The lowest BCUT2D eigenvalue weighted by Crippen LogP contribution is -1.82. The zero-order chi connectivity index (χ0) is 14.1. The summed E-state index contributed by atoms with van der Waals surface area (Å²) in [5.41, 5.74) is 3.08. The van der Waals surface area contributed by atoms with Crippen LogP contribution in [0.15, 0.2) is 72.2 Å². The third-order valence-electron chi connectivity index (χ3n) is 3.43. The van der Waals surface area contributed by atoms with E-state index in [9.17, 15) is 0 Å². The Morgan fingerprint density at radius 3 is 2.48 bits per heavy atom. The highest BCUT2D eigenvalue weighted by Gasteiger charge is 2.07. The zero-order valence-corrected chi connectivity index (χ0v) is 12.0. The van der Waals surface area contributed by atoms with E-state index in [0.717, 1.165) is 22.0 Å². The molecule has 0 unspecified atom stereocenters. The van der Waals surface area contributed by atoms with Crippen molar-refractivity contribution in [1.29, 1.82) is 0 Å². The van der Waals surface area contributed by atoms with E-state index >= 15 is 0 Å². The van der Waals surface area contributed by atoms with Crippen LogP contribution in [0.4, 0.5) is 0 Å². The van der Waals surface area contributed by atoms with Gasteiger partial charge in [-0.1, -0.05) is 42.5 Å². The van der Waals surface area contributed by atoms with Crippen molar-refractivity contribution in [3.05, 3.63) is 72.2 Å². The maximum Gasteiger partial charge on any atom is 0.142 e. The van der Waals surface area contributed by atoms with Crippen LogP contribution in [0, 0.1) is 0 Å². The predicted molar refractivity (Wildman–Crippen MR) is 88.3 cm³/mol. The number of fused-ring (bicyclic) bond motifs is 1. The minimum absolute atomic E-state index is 0.925. The van der Waals surface area contributed by atoms with Gasteiger partial charge in [-0.2, -0.15) is 0 Å². The van der Waals surface area contributed by atoms with Crippen molar-refractivity contribution in [2.75, 3.05) is 0 Å². The van der Waals surface area contributed by atoms with E-state index in [0.29, 0.717) is 0 Å². The molecular formula is C18H12N2S. The van der Waals surface area contributed by atoms with Crippen LogP contribution >= 0.6 is 11.3 Å². The van der Waals surface area contributed by atoms with Gasteiger partial charge in [0.15, 0.2) is 0 Å². The van der Waals surface area contributed by atoms with E-state index in [-0.39, 0.29) is 0 Å². The Hall–Kier alpha value is -2.52. The molecule has 21 heavy (non-hydrogen) atoms. The van der Waals surface area contributed by atoms with Gasteiger partial charge in [0.25, 0.3) is 0 Å². The van der Waals surface area contributed by atoms with Crippen molar-refractivity contribution in [2.45, 2.75) is 0 Å². The molecular weight excluding hydrogens is 276 g/mol. The summed E-state index contributed by atoms with van der Waals surface area (Å²) in [6.07, 6.45) is 1.80. The number of hydrogen-bond acceptors (Lipinski definition) is 3. The first-order valence-corrected chi connectivity index (χ1v) is 7.64. The molecule has 2 aromatic carbocycles. The Balaban J connectivity index is 1.77. The summed E-state index contributed by atoms with van der Waals surface area (Å²) >= 11 is 1.63. The zero-order valence-electron chi connectivity index (χ0n) is 11.2. The summed E-state index contributed by atoms with van der Waals surface area (Å²) in [5.74, 6) is 0. The van der Waals surface area contributed by atoms with Gasteiger partial charge in [-0.3, -0.25) is 4.98 Å². The van der Waals surface area contributed by atoms with Crippen molar-refractivity contribution >= 4 is 22.1 Å². The molecule has 4 rings (SSSR count). The van der Waals surface area contributed by atoms with Crippen LogP contribution in [-0.4, -0.2) is 9.97 Å².